The molecule has 0 unspecified atom stereocenters. The van der Waals surface area contributed by atoms with Crippen LogP contribution in [0.2, 0.25) is 0 Å². The second kappa shape index (κ2) is 7.80. The summed E-state index contributed by atoms with van der Waals surface area (Å²) >= 11 is 0. The Morgan fingerprint density at radius 3 is 2.63 bits per heavy atom. The van der Waals surface area contributed by atoms with Crippen LogP contribution >= 0.6 is 0 Å². The van der Waals surface area contributed by atoms with Gasteiger partial charge in [0.25, 0.3) is 0 Å². The number of halogens is 1. The average molecular weight is 390 g/mol. The predicted octanol–water partition coefficient (Wildman–Crippen LogP) is 1.81. The van der Waals surface area contributed by atoms with E-state index in [-0.39, 0.29) is 11.4 Å². The number of benzene rings is 1. The molecular formula is C17H19FN6O2S. The Kier molecular flexibility index (Phi) is 5.47. The molecule has 3 aromatic rings. The molecule has 2 aromatic heterocycles. The van der Waals surface area contributed by atoms with Gasteiger partial charge in [-0.3, -0.25) is 0 Å². The number of anilines is 1. The maximum atomic E-state index is 13.1. The summed E-state index contributed by atoms with van der Waals surface area (Å²) in [4.78, 5) is 8.32. The van der Waals surface area contributed by atoms with Gasteiger partial charge in [-0.2, -0.15) is 5.10 Å². The van der Waals surface area contributed by atoms with Gasteiger partial charge in [0.05, 0.1) is 10.6 Å². The molecule has 27 heavy (non-hydrogen) atoms. The van der Waals surface area contributed by atoms with Gasteiger partial charge >= 0.3 is 0 Å². The van der Waals surface area contributed by atoms with Crippen LogP contribution in [0.25, 0.3) is 5.82 Å². The molecule has 0 radical (unpaired) electrons. The maximum absolute atomic E-state index is 13.1. The van der Waals surface area contributed by atoms with Crippen molar-refractivity contribution in [3.05, 3.63) is 59.9 Å². The summed E-state index contributed by atoms with van der Waals surface area (Å²) in [5.41, 5.74) is 1.22. The highest BCUT2D eigenvalue weighted by Gasteiger charge is 2.16. The van der Waals surface area contributed by atoms with E-state index in [4.69, 9.17) is 0 Å². The molecule has 2 N–H and O–H groups in total. The Labute approximate surface area is 156 Å². The maximum Gasteiger partial charge on any atom is 0.240 e. The smallest absolute Gasteiger partial charge is 0.240 e. The molecule has 0 bridgehead atoms. The number of nitrogens with zero attached hydrogens (tertiary/aromatic N) is 4. The fourth-order valence-corrected chi connectivity index (χ4v) is 3.74. The highest BCUT2D eigenvalue weighted by molar-refractivity contribution is 7.89. The molecule has 0 aliphatic rings. The third-order valence-electron chi connectivity index (χ3n) is 3.76. The molecule has 0 fully saturated rings. The zero-order chi connectivity index (χ0) is 19.4. The van der Waals surface area contributed by atoms with Gasteiger partial charge in [0.1, 0.15) is 18.0 Å². The minimum atomic E-state index is -3.71. The SMILES string of the molecule is Cc1ccn(-c2cc(NCCNS(=O)(=O)c3ccc(F)cc3C)ncn2)n1. The summed E-state index contributed by atoms with van der Waals surface area (Å²) in [5, 5.41) is 7.31. The minimum Gasteiger partial charge on any atom is -0.369 e. The summed E-state index contributed by atoms with van der Waals surface area (Å²) in [6.45, 7) is 3.88. The Bertz CT molecular complexity index is 1050. The van der Waals surface area contributed by atoms with E-state index in [1.165, 1.54) is 18.5 Å². The number of sulfonamides is 1. The molecule has 0 aliphatic carbocycles. The second-order valence-electron chi connectivity index (χ2n) is 5.90. The number of rotatable bonds is 7. The van der Waals surface area contributed by atoms with Crippen molar-refractivity contribution in [2.75, 3.05) is 18.4 Å². The summed E-state index contributed by atoms with van der Waals surface area (Å²) in [5.74, 6) is 0.675. The highest BCUT2D eigenvalue weighted by atomic mass is 32.2. The molecule has 10 heteroatoms. The first-order chi connectivity index (χ1) is 12.8. The standard InChI is InChI=1S/C17H19FN6O2S/c1-12-9-14(18)3-4-15(12)27(25,26)22-7-6-19-16-10-17(21-11-20-16)24-8-5-13(2)23-24/h3-5,8-11,22H,6-7H2,1-2H3,(H,19,20,21). The average Bonchev–Trinajstić information content (AvgIpc) is 3.05. The molecule has 0 saturated carbocycles. The topological polar surface area (TPSA) is 102 Å². The van der Waals surface area contributed by atoms with Crippen molar-refractivity contribution < 1.29 is 12.8 Å². The zero-order valence-corrected chi connectivity index (χ0v) is 15.7. The van der Waals surface area contributed by atoms with Gasteiger partial charge in [0, 0.05) is 25.4 Å². The van der Waals surface area contributed by atoms with E-state index in [1.54, 1.807) is 23.9 Å². The summed E-state index contributed by atoms with van der Waals surface area (Å²) in [6, 6.07) is 7.14. The number of nitrogens with one attached hydrogen (secondary N) is 2. The molecule has 8 nitrogen and oxygen atoms in total. The van der Waals surface area contributed by atoms with E-state index in [1.807, 2.05) is 13.0 Å². The third kappa shape index (κ3) is 4.66. The number of aryl methyl sites for hydroxylation is 2. The highest BCUT2D eigenvalue weighted by Crippen LogP contribution is 2.15. The van der Waals surface area contributed by atoms with E-state index >= 15 is 0 Å². The summed E-state index contributed by atoms with van der Waals surface area (Å²) in [7, 11) is -3.71. The van der Waals surface area contributed by atoms with Gasteiger partial charge in [-0.1, -0.05) is 0 Å². The zero-order valence-electron chi connectivity index (χ0n) is 14.8. The number of hydrogen-bond donors (Lipinski definition) is 2. The van der Waals surface area contributed by atoms with E-state index in [2.05, 4.69) is 25.1 Å². The van der Waals surface area contributed by atoms with Crippen LogP contribution in [0.4, 0.5) is 10.2 Å². The van der Waals surface area contributed by atoms with Crippen LogP contribution in [0.15, 0.2) is 47.8 Å². The van der Waals surface area contributed by atoms with Crippen molar-refractivity contribution >= 4 is 15.8 Å². The summed E-state index contributed by atoms with van der Waals surface area (Å²) < 4.78 is 41.9. The molecule has 0 atom stereocenters. The molecule has 0 aliphatic heterocycles. The molecule has 0 spiro atoms. The lowest BCUT2D eigenvalue weighted by molar-refractivity contribution is 0.581. The third-order valence-corrected chi connectivity index (χ3v) is 5.38. The Balaban J connectivity index is 1.58. The second-order valence-corrected chi connectivity index (χ2v) is 7.63. The predicted molar refractivity (Wildman–Crippen MR) is 98.7 cm³/mol. The van der Waals surface area contributed by atoms with Crippen LogP contribution < -0.4 is 10.0 Å². The number of aromatic nitrogens is 4. The Hall–Kier alpha value is -2.85. The summed E-state index contributed by atoms with van der Waals surface area (Å²) in [6.07, 6.45) is 3.20. The monoisotopic (exact) mass is 390 g/mol. The molecule has 2 heterocycles. The van der Waals surface area contributed by atoms with Crippen LogP contribution in [-0.2, 0) is 10.0 Å². The van der Waals surface area contributed by atoms with Gasteiger partial charge < -0.3 is 5.32 Å². The first-order valence-corrected chi connectivity index (χ1v) is 9.68. The van der Waals surface area contributed by atoms with Crippen LogP contribution in [0.5, 0.6) is 0 Å². The minimum absolute atomic E-state index is 0.0577. The Morgan fingerprint density at radius 2 is 1.93 bits per heavy atom. The number of hydrogen-bond acceptors (Lipinski definition) is 6. The fourth-order valence-electron chi connectivity index (χ4n) is 2.48. The van der Waals surface area contributed by atoms with Crippen LogP contribution in [0.1, 0.15) is 11.3 Å². The van der Waals surface area contributed by atoms with Crippen molar-refractivity contribution in [2.45, 2.75) is 18.7 Å². The lowest BCUT2D eigenvalue weighted by Crippen LogP contribution is -2.29. The van der Waals surface area contributed by atoms with E-state index in [0.29, 0.717) is 23.7 Å². The van der Waals surface area contributed by atoms with E-state index in [0.717, 1.165) is 11.8 Å². The quantitative estimate of drug-likeness (QED) is 0.597. The normalized spacial score (nSPS) is 11.5. The molecule has 1 aromatic carbocycles. The van der Waals surface area contributed by atoms with Crippen LogP contribution in [-0.4, -0.2) is 41.3 Å². The van der Waals surface area contributed by atoms with Crippen LogP contribution in [0.3, 0.4) is 0 Å². The van der Waals surface area contributed by atoms with Gasteiger partial charge in [-0.05, 0) is 43.7 Å². The van der Waals surface area contributed by atoms with Gasteiger partial charge in [-0.25, -0.2) is 32.2 Å². The molecular weight excluding hydrogens is 371 g/mol. The van der Waals surface area contributed by atoms with E-state index in [9.17, 15) is 12.8 Å². The molecule has 142 valence electrons. The van der Waals surface area contributed by atoms with Gasteiger partial charge in [0.15, 0.2) is 5.82 Å². The first kappa shape index (κ1) is 18.9. The van der Waals surface area contributed by atoms with Gasteiger partial charge in [0.2, 0.25) is 10.0 Å². The van der Waals surface area contributed by atoms with Crippen molar-refractivity contribution in [1.29, 1.82) is 0 Å². The first-order valence-electron chi connectivity index (χ1n) is 8.19. The fraction of sp³-hybridized carbons (Fsp3) is 0.235. The van der Waals surface area contributed by atoms with Crippen molar-refractivity contribution in [3.63, 3.8) is 0 Å². The van der Waals surface area contributed by atoms with E-state index < -0.39 is 15.8 Å². The molecule has 3 rings (SSSR count). The molecule has 0 saturated heterocycles. The van der Waals surface area contributed by atoms with Gasteiger partial charge in [-0.15, -0.1) is 0 Å². The lowest BCUT2D eigenvalue weighted by Gasteiger charge is -2.10. The molecule has 0 amide bonds. The van der Waals surface area contributed by atoms with Crippen molar-refractivity contribution in [1.82, 2.24) is 24.5 Å². The largest absolute Gasteiger partial charge is 0.369 e. The lowest BCUT2D eigenvalue weighted by atomic mass is 10.2. The van der Waals surface area contributed by atoms with Crippen molar-refractivity contribution in [3.8, 4) is 5.82 Å². The Morgan fingerprint density at radius 1 is 1.11 bits per heavy atom. The van der Waals surface area contributed by atoms with Crippen LogP contribution in [0, 0.1) is 19.7 Å². The van der Waals surface area contributed by atoms with Crippen molar-refractivity contribution in [2.24, 2.45) is 0 Å².